The summed E-state index contributed by atoms with van der Waals surface area (Å²) in [5.74, 6) is 1.03. The Kier molecular flexibility index (Phi) is 53.9. The summed E-state index contributed by atoms with van der Waals surface area (Å²) < 4.78 is 37.6. The number of para-hydroxylation sites is 2. The van der Waals surface area contributed by atoms with Crippen LogP contribution in [0.2, 0.25) is 0 Å². The molecular formula is C48H114N28O4S3. The average Bonchev–Trinajstić information content (AvgIpc) is 4.42. The summed E-state index contributed by atoms with van der Waals surface area (Å²) >= 11 is 2.53. The Hall–Kier alpha value is -4.71. The zero-order chi connectivity index (χ0) is 64.4. The molecule has 4 aliphatic rings. The van der Waals surface area contributed by atoms with Gasteiger partial charge in [0.05, 0.1) is 59.2 Å². The zero-order valence-electron chi connectivity index (χ0n) is 49.3. The molecule has 3 saturated carbocycles. The van der Waals surface area contributed by atoms with Crippen molar-refractivity contribution in [2.24, 2.45) is 97.2 Å². The molecule has 3 aliphatic carbocycles. The number of nitrogens with two attached hydrogens (primary N) is 24. The molecule has 488 valence electrons. The Balaban J connectivity index is -0.000000412. The fraction of sp³-hybridized carbons (Fsp3) is 0.708. The minimum absolute atomic E-state index is 0.0498. The Bertz CT molecular complexity index is 1930. The highest BCUT2D eigenvalue weighted by atomic mass is 32.2. The molecule has 48 N–H and O–H groups in total. The first kappa shape index (κ1) is 84.7. The molecule has 0 bridgehead atoms. The highest BCUT2D eigenvalue weighted by Gasteiger charge is 2.32. The van der Waals surface area contributed by atoms with Gasteiger partial charge in [-0.3, -0.25) is 0 Å². The maximum absolute atomic E-state index is 10.7. The first-order valence-electron chi connectivity index (χ1n) is 27.3. The van der Waals surface area contributed by atoms with Crippen molar-refractivity contribution >= 4 is 78.9 Å². The van der Waals surface area contributed by atoms with Gasteiger partial charge in [0.25, 0.3) is 0 Å². The number of ether oxygens (including phenoxy) is 1. The summed E-state index contributed by atoms with van der Waals surface area (Å²) in [6.07, 6.45) is 12.7. The van der Waals surface area contributed by atoms with Crippen LogP contribution in [-0.4, -0.2) is 153 Å². The molecule has 1 aromatic carbocycles. The van der Waals surface area contributed by atoms with Crippen molar-refractivity contribution in [3.63, 3.8) is 0 Å². The van der Waals surface area contributed by atoms with E-state index in [4.69, 9.17) is 142 Å². The first-order chi connectivity index (χ1) is 39.0. The molecule has 3 aromatic heterocycles. The average molecular weight is 1240 g/mol. The summed E-state index contributed by atoms with van der Waals surface area (Å²) in [6, 6.07) is 8.28. The molecule has 0 amide bonds. The van der Waals surface area contributed by atoms with Gasteiger partial charge in [0.2, 0.25) is 11.6 Å². The van der Waals surface area contributed by atoms with Crippen molar-refractivity contribution in [3.8, 4) is 0 Å². The smallest absolute Gasteiger partial charge is 0.212 e. The zero-order valence-corrected chi connectivity index (χ0v) is 51.8. The number of sulfone groups is 1. The SMILES string of the molecule is CC(C)(CN)CN.NC1CCCC1N.NC1CCCCC1N.NC1CS(=O)(=O)CC1N.NCCCN.NCCN.NCCOCCN.N[C@@H]1CCC[C@@H]1N.Nc1ccccc1N.Nc1cscc1N.Nc1nonc1N.Nc1nsnc1N. The van der Waals surface area contributed by atoms with Crippen molar-refractivity contribution in [2.45, 2.75) is 133 Å². The van der Waals surface area contributed by atoms with Crippen LogP contribution in [0.5, 0.6) is 0 Å². The van der Waals surface area contributed by atoms with Crippen LogP contribution in [0.1, 0.15) is 84.5 Å². The lowest BCUT2D eigenvalue weighted by Gasteiger charge is -2.24. The van der Waals surface area contributed by atoms with Crippen LogP contribution in [0, 0.1) is 5.41 Å². The molecule has 83 heavy (non-hydrogen) atoms. The lowest BCUT2D eigenvalue weighted by molar-refractivity contribution is 0.149. The van der Waals surface area contributed by atoms with Crippen LogP contribution in [0.25, 0.3) is 0 Å². The van der Waals surface area contributed by atoms with E-state index in [-0.39, 0.29) is 52.7 Å². The van der Waals surface area contributed by atoms with E-state index in [0.717, 1.165) is 69.8 Å². The van der Waals surface area contributed by atoms with Gasteiger partial charge in [-0.15, -0.1) is 11.3 Å². The highest BCUT2D eigenvalue weighted by Crippen LogP contribution is 2.18. The molecule has 4 aromatic rings. The lowest BCUT2D eigenvalue weighted by Crippen LogP contribution is -2.43. The quantitative estimate of drug-likeness (QED) is 0.0557. The Morgan fingerprint density at radius 2 is 0.807 bits per heavy atom. The van der Waals surface area contributed by atoms with E-state index in [1.54, 1.807) is 12.1 Å². The van der Waals surface area contributed by atoms with Crippen LogP contribution >= 0.6 is 23.1 Å². The van der Waals surface area contributed by atoms with E-state index in [2.05, 4.69) is 23.7 Å². The Morgan fingerprint density at radius 3 is 0.940 bits per heavy atom. The van der Waals surface area contributed by atoms with E-state index >= 15 is 0 Å². The summed E-state index contributed by atoms with van der Waals surface area (Å²) in [4.78, 5) is 0. The summed E-state index contributed by atoms with van der Waals surface area (Å²) in [7, 11) is -2.89. The Morgan fingerprint density at radius 1 is 0.482 bits per heavy atom. The number of aromatic nitrogens is 4. The number of nitrogen functional groups attached to an aromatic ring is 8. The lowest BCUT2D eigenvalue weighted by atomic mass is 9.92. The fourth-order valence-electron chi connectivity index (χ4n) is 5.83. The third-order valence-corrected chi connectivity index (χ3v) is 14.7. The summed E-state index contributed by atoms with van der Waals surface area (Å²) in [5, 5.41) is 10.00. The molecule has 0 spiro atoms. The molecule has 35 heteroatoms. The first-order valence-corrected chi connectivity index (χ1v) is 30.8. The molecule has 1 aliphatic heterocycles. The van der Waals surface area contributed by atoms with Gasteiger partial charge in [-0.1, -0.05) is 51.7 Å². The Labute approximate surface area is 501 Å². The van der Waals surface area contributed by atoms with Crippen LogP contribution < -0.4 is 138 Å². The second-order valence-corrected chi connectivity index (χ2v) is 23.2. The van der Waals surface area contributed by atoms with E-state index < -0.39 is 9.84 Å². The van der Waals surface area contributed by atoms with Crippen LogP contribution in [0.3, 0.4) is 0 Å². The second kappa shape index (κ2) is 52.8. The van der Waals surface area contributed by atoms with Gasteiger partial charge in [0, 0.05) is 85.3 Å². The van der Waals surface area contributed by atoms with Crippen molar-refractivity contribution in [3.05, 3.63) is 35.0 Å². The van der Waals surface area contributed by atoms with E-state index in [9.17, 15) is 8.42 Å². The minimum atomic E-state index is -2.89. The number of benzene rings is 1. The minimum Gasteiger partial charge on any atom is -0.397 e. The van der Waals surface area contributed by atoms with E-state index in [0.29, 0.717) is 111 Å². The van der Waals surface area contributed by atoms with Crippen molar-refractivity contribution in [1.29, 1.82) is 0 Å². The molecule has 8 atom stereocenters. The molecule has 0 radical (unpaired) electrons. The predicted octanol–water partition coefficient (Wildman–Crippen LogP) is -4.32. The normalized spacial score (nSPS) is 21.2. The number of hydrogen-bond acceptors (Lipinski definition) is 34. The largest absolute Gasteiger partial charge is 0.397 e. The second-order valence-electron chi connectivity index (χ2n) is 19.8. The van der Waals surface area contributed by atoms with Crippen molar-refractivity contribution in [1.82, 2.24) is 19.1 Å². The van der Waals surface area contributed by atoms with Gasteiger partial charge in [0.15, 0.2) is 21.5 Å². The van der Waals surface area contributed by atoms with Gasteiger partial charge in [-0.2, -0.15) is 8.75 Å². The van der Waals surface area contributed by atoms with Crippen molar-refractivity contribution in [2.75, 3.05) is 123 Å². The van der Waals surface area contributed by atoms with Gasteiger partial charge >= 0.3 is 0 Å². The fourth-order valence-corrected chi connectivity index (χ4v) is 8.67. The topological polar surface area (TPSA) is 733 Å². The highest BCUT2D eigenvalue weighted by molar-refractivity contribution is 7.91. The van der Waals surface area contributed by atoms with Gasteiger partial charge in [-0.05, 0) is 99.0 Å². The molecule has 4 heterocycles. The van der Waals surface area contributed by atoms with Gasteiger partial charge in [0.1, 0.15) is 0 Å². The van der Waals surface area contributed by atoms with Crippen LogP contribution in [0.15, 0.2) is 39.7 Å². The summed E-state index contributed by atoms with van der Waals surface area (Å²) in [6.45, 7) is 10.5. The predicted molar refractivity (Wildman–Crippen MR) is 351 cm³/mol. The monoisotopic (exact) mass is 1240 g/mol. The molecule has 1 saturated heterocycles. The molecular weight excluding hydrogens is 1130 g/mol. The standard InChI is InChI=1S/C6H14N2.C6H8N2.2C5H12N2.C5H14N2.C4H10N2O2S.C4H12N2O.C4H6N2S.C3H10N2.C2H4N4O.C2H4N4S.C2H8N2/c2*7-5-3-1-2-4-6(5)8;2*6-4-2-1-3-5(4)7;1-5(2,3-6)4-7;5-3-1-9(7,8)2-4(3)6;5-1-3-7-4-2-6;5-3-1-7-2-4(3)6;4-2-1-3-5;2*3-1-2(4)6-7-5-1;3-1-2-4/h5-6H,1-4,7-8H2;1-4H,7-8H2;2*4-5H,1-3,6-7H2;3-4,6-7H2,1-2H3;3-4H,1-2,5-6H2;1-6H2;1-2H,5-6H2;1-5H2;2*(H2,3,5)(H2,4,6);1-4H2/t;;4-,5+;;;;;;;;;. The van der Waals surface area contributed by atoms with E-state index in [1.165, 1.54) is 37.0 Å². The van der Waals surface area contributed by atoms with Gasteiger partial charge < -0.3 is 142 Å². The van der Waals surface area contributed by atoms with Gasteiger partial charge in [-0.25, -0.2) is 13.0 Å². The molecule has 4 fully saturated rings. The number of anilines is 8. The summed E-state index contributed by atoms with van der Waals surface area (Å²) in [5.41, 5.74) is 130. The van der Waals surface area contributed by atoms with E-state index in [1.807, 2.05) is 36.7 Å². The molecule has 32 nitrogen and oxygen atoms in total. The molecule has 8 rings (SSSR count). The van der Waals surface area contributed by atoms with Crippen LogP contribution in [0.4, 0.5) is 46.0 Å². The van der Waals surface area contributed by atoms with Crippen LogP contribution in [-0.2, 0) is 14.6 Å². The maximum Gasteiger partial charge on any atom is 0.212 e. The maximum atomic E-state index is 10.7. The number of nitrogens with zero attached hydrogens (tertiary/aromatic N) is 4. The number of hydrogen-bond donors (Lipinski definition) is 24. The third kappa shape index (κ3) is 49.3. The number of rotatable bonds is 9. The number of thiophene rings is 1. The van der Waals surface area contributed by atoms with Crippen molar-refractivity contribution < 1.29 is 17.8 Å². The third-order valence-electron chi connectivity index (χ3n) is 11.6. The molecule has 6 unspecified atom stereocenters.